The van der Waals surface area contributed by atoms with Gasteiger partial charge in [-0.05, 0) is 31.5 Å². The van der Waals surface area contributed by atoms with Crippen LogP contribution < -0.4 is 4.90 Å². The lowest BCUT2D eigenvalue weighted by Gasteiger charge is -2.35. The molecule has 0 atom stereocenters. The molecule has 0 N–H and O–H groups in total. The quantitative estimate of drug-likeness (QED) is 0.524. The summed E-state index contributed by atoms with van der Waals surface area (Å²) in [6, 6.07) is 6.04. The summed E-state index contributed by atoms with van der Waals surface area (Å²) in [4.78, 5) is 18.1. The molecule has 1 saturated heterocycles. The topological polar surface area (TPSA) is 76.8 Å². The van der Waals surface area contributed by atoms with Crippen molar-refractivity contribution in [1.29, 1.82) is 0 Å². The van der Waals surface area contributed by atoms with Crippen molar-refractivity contribution in [3.8, 4) is 0 Å². The highest BCUT2D eigenvalue weighted by molar-refractivity contribution is 5.73. The molecular weight excluding hydrogens is 382 g/mol. The maximum atomic E-state index is 6.02. The van der Waals surface area contributed by atoms with Crippen LogP contribution in [0, 0.1) is 13.8 Å². The third-order valence-corrected chi connectivity index (χ3v) is 5.54. The van der Waals surface area contributed by atoms with E-state index in [9.17, 15) is 0 Å². The lowest BCUT2D eigenvalue weighted by Crippen LogP contribution is -2.46. The standard InChI is InChI=1S/C22H29N5O3/c1-16-17(2)23-15-24-22(16)27-8-6-26(7-9-27)13-21-25-19-5-4-18(12-20(19)30-21)14-29-11-10-28-3/h4-5,12,15H,6-11,13-14H2,1-3H3. The van der Waals surface area contributed by atoms with Gasteiger partial charge in [-0.1, -0.05) is 6.07 Å². The number of methoxy groups -OCH3 is 1. The maximum absolute atomic E-state index is 6.02. The van der Waals surface area contributed by atoms with E-state index in [0.717, 1.165) is 65.8 Å². The van der Waals surface area contributed by atoms with Gasteiger partial charge in [-0.15, -0.1) is 0 Å². The molecule has 30 heavy (non-hydrogen) atoms. The summed E-state index contributed by atoms with van der Waals surface area (Å²) in [5, 5.41) is 0. The number of aromatic nitrogens is 3. The molecule has 3 aromatic rings. The summed E-state index contributed by atoms with van der Waals surface area (Å²) in [5.41, 5.74) is 4.97. The molecular formula is C22H29N5O3. The van der Waals surface area contributed by atoms with Gasteiger partial charge >= 0.3 is 0 Å². The van der Waals surface area contributed by atoms with Crippen LogP contribution in [0.4, 0.5) is 5.82 Å². The van der Waals surface area contributed by atoms with Gasteiger partial charge in [-0.2, -0.15) is 0 Å². The minimum Gasteiger partial charge on any atom is -0.439 e. The van der Waals surface area contributed by atoms with Gasteiger partial charge in [0.05, 0.1) is 26.4 Å². The number of aryl methyl sites for hydroxylation is 1. The lowest BCUT2D eigenvalue weighted by molar-refractivity contribution is 0.0617. The van der Waals surface area contributed by atoms with Crippen LogP contribution in [0.15, 0.2) is 28.9 Å². The van der Waals surface area contributed by atoms with E-state index < -0.39 is 0 Å². The molecule has 8 heteroatoms. The number of nitrogens with zero attached hydrogens (tertiary/aromatic N) is 5. The number of benzene rings is 1. The Labute approximate surface area is 176 Å². The summed E-state index contributed by atoms with van der Waals surface area (Å²) >= 11 is 0. The first-order valence-corrected chi connectivity index (χ1v) is 10.3. The highest BCUT2D eigenvalue weighted by Gasteiger charge is 2.21. The van der Waals surface area contributed by atoms with E-state index in [-0.39, 0.29) is 0 Å². The van der Waals surface area contributed by atoms with Gasteiger partial charge in [0.2, 0.25) is 5.89 Å². The SMILES string of the molecule is COCCOCc1ccc2nc(CN3CCN(c4ncnc(C)c4C)CC3)oc2c1. The summed E-state index contributed by atoms with van der Waals surface area (Å²) in [7, 11) is 1.67. The molecule has 0 radical (unpaired) electrons. The first-order chi connectivity index (χ1) is 14.6. The number of rotatable bonds is 8. The largest absolute Gasteiger partial charge is 0.439 e. The average Bonchev–Trinajstić information content (AvgIpc) is 3.15. The Hall–Kier alpha value is -2.55. The van der Waals surface area contributed by atoms with E-state index in [1.165, 1.54) is 0 Å². The van der Waals surface area contributed by atoms with Crippen molar-refractivity contribution in [3.05, 3.63) is 47.2 Å². The summed E-state index contributed by atoms with van der Waals surface area (Å²) in [6.07, 6.45) is 1.65. The summed E-state index contributed by atoms with van der Waals surface area (Å²) < 4.78 is 16.6. The van der Waals surface area contributed by atoms with Gasteiger partial charge in [0.25, 0.3) is 0 Å². The smallest absolute Gasteiger partial charge is 0.209 e. The fourth-order valence-corrected chi connectivity index (χ4v) is 3.66. The molecule has 0 spiro atoms. The van der Waals surface area contributed by atoms with Crippen LogP contribution in [-0.2, 0) is 22.6 Å². The third kappa shape index (κ3) is 4.77. The van der Waals surface area contributed by atoms with E-state index in [1.54, 1.807) is 13.4 Å². The van der Waals surface area contributed by atoms with Gasteiger partial charge in [-0.25, -0.2) is 15.0 Å². The molecule has 160 valence electrons. The van der Waals surface area contributed by atoms with E-state index in [1.807, 2.05) is 25.1 Å². The highest BCUT2D eigenvalue weighted by atomic mass is 16.5. The second kappa shape index (κ2) is 9.51. The van der Waals surface area contributed by atoms with E-state index in [0.29, 0.717) is 26.4 Å². The number of hydrogen-bond acceptors (Lipinski definition) is 8. The van der Waals surface area contributed by atoms with Crippen molar-refractivity contribution in [2.75, 3.05) is 51.4 Å². The van der Waals surface area contributed by atoms with Crippen LogP contribution in [0.5, 0.6) is 0 Å². The number of oxazole rings is 1. The molecule has 2 aromatic heterocycles. The van der Waals surface area contributed by atoms with Crippen molar-refractivity contribution in [3.63, 3.8) is 0 Å². The van der Waals surface area contributed by atoms with Crippen LogP contribution in [-0.4, -0.2) is 66.4 Å². The molecule has 1 aliphatic heterocycles. The normalized spacial score (nSPS) is 15.2. The number of hydrogen-bond donors (Lipinski definition) is 0. The molecule has 1 aromatic carbocycles. The van der Waals surface area contributed by atoms with Crippen molar-refractivity contribution >= 4 is 16.9 Å². The molecule has 0 unspecified atom stereocenters. The molecule has 0 amide bonds. The van der Waals surface area contributed by atoms with Crippen molar-refractivity contribution < 1.29 is 13.9 Å². The maximum Gasteiger partial charge on any atom is 0.209 e. The average molecular weight is 412 g/mol. The van der Waals surface area contributed by atoms with Crippen molar-refractivity contribution in [2.24, 2.45) is 0 Å². The van der Waals surface area contributed by atoms with Crippen LogP contribution in [0.2, 0.25) is 0 Å². The van der Waals surface area contributed by atoms with Crippen LogP contribution >= 0.6 is 0 Å². The fourth-order valence-electron chi connectivity index (χ4n) is 3.66. The van der Waals surface area contributed by atoms with E-state index >= 15 is 0 Å². The van der Waals surface area contributed by atoms with E-state index in [4.69, 9.17) is 13.9 Å². The number of fused-ring (bicyclic) bond motifs is 1. The molecule has 1 fully saturated rings. The Morgan fingerprint density at radius 1 is 1.07 bits per heavy atom. The molecule has 4 rings (SSSR count). The Kier molecular flexibility index (Phi) is 6.56. The van der Waals surface area contributed by atoms with Gasteiger partial charge in [0, 0.05) is 44.5 Å². The summed E-state index contributed by atoms with van der Waals surface area (Å²) in [6.45, 7) is 10.3. The fraction of sp³-hybridized carbons (Fsp3) is 0.500. The zero-order chi connectivity index (χ0) is 20.9. The monoisotopic (exact) mass is 411 g/mol. The molecule has 0 saturated carbocycles. The van der Waals surface area contributed by atoms with Gasteiger partial charge in [0.1, 0.15) is 17.7 Å². The Morgan fingerprint density at radius 3 is 2.70 bits per heavy atom. The van der Waals surface area contributed by atoms with E-state index in [2.05, 4.69) is 31.7 Å². The van der Waals surface area contributed by atoms with Gasteiger partial charge in [-0.3, -0.25) is 4.90 Å². The first kappa shape index (κ1) is 20.7. The number of ether oxygens (including phenoxy) is 2. The zero-order valence-corrected chi connectivity index (χ0v) is 17.9. The van der Waals surface area contributed by atoms with Gasteiger partial charge in [0.15, 0.2) is 5.58 Å². The number of piperazine rings is 1. The zero-order valence-electron chi connectivity index (χ0n) is 17.9. The lowest BCUT2D eigenvalue weighted by atomic mass is 10.2. The molecule has 0 aliphatic carbocycles. The second-order valence-electron chi connectivity index (χ2n) is 7.63. The van der Waals surface area contributed by atoms with Crippen LogP contribution in [0.25, 0.3) is 11.1 Å². The molecule has 0 bridgehead atoms. The minimum absolute atomic E-state index is 0.541. The second-order valence-corrected chi connectivity index (χ2v) is 7.63. The summed E-state index contributed by atoms with van der Waals surface area (Å²) in [5.74, 6) is 1.80. The Bertz CT molecular complexity index is 982. The van der Waals surface area contributed by atoms with Crippen molar-refractivity contribution in [2.45, 2.75) is 27.0 Å². The Morgan fingerprint density at radius 2 is 1.90 bits per heavy atom. The third-order valence-electron chi connectivity index (χ3n) is 5.54. The first-order valence-electron chi connectivity index (χ1n) is 10.3. The Balaban J connectivity index is 1.34. The predicted octanol–water partition coefficient (Wildman–Crippen LogP) is 2.72. The molecule has 3 heterocycles. The van der Waals surface area contributed by atoms with Gasteiger partial charge < -0.3 is 18.8 Å². The minimum atomic E-state index is 0.541. The molecule has 1 aliphatic rings. The predicted molar refractivity (Wildman–Crippen MR) is 115 cm³/mol. The highest BCUT2D eigenvalue weighted by Crippen LogP contribution is 2.22. The van der Waals surface area contributed by atoms with Crippen LogP contribution in [0.1, 0.15) is 22.7 Å². The molecule has 8 nitrogen and oxygen atoms in total. The van der Waals surface area contributed by atoms with Crippen LogP contribution in [0.3, 0.4) is 0 Å². The number of anilines is 1. The van der Waals surface area contributed by atoms with Crippen molar-refractivity contribution in [1.82, 2.24) is 19.9 Å².